The number of aromatic nitrogens is 2. The number of pyridine rings is 1. The Hall–Kier alpha value is -1.69. The van der Waals surface area contributed by atoms with E-state index in [-0.39, 0.29) is 17.5 Å². The molecule has 0 atom stereocenters. The lowest BCUT2D eigenvalue weighted by Gasteiger charge is -2.53. The lowest BCUT2D eigenvalue weighted by molar-refractivity contribution is -0.0511. The third-order valence-electron chi connectivity index (χ3n) is 4.69. The van der Waals surface area contributed by atoms with Crippen molar-refractivity contribution in [2.45, 2.75) is 32.3 Å². The zero-order valence-electron chi connectivity index (χ0n) is 11.8. The second kappa shape index (κ2) is 4.40. The number of ether oxygens (including phenoxy) is 1. The molecular weight excluding hydrogens is 276 g/mol. The Labute approximate surface area is 121 Å². The van der Waals surface area contributed by atoms with E-state index in [2.05, 4.69) is 10.3 Å². The highest BCUT2D eigenvalue weighted by molar-refractivity contribution is 5.52. The SMILES string of the molecule is Cc1ncc2ccc(OC3CC4(CNC4)C3)c(C(F)F)n12. The van der Waals surface area contributed by atoms with Crippen LogP contribution in [0, 0.1) is 12.3 Å². The van der Waals surface area contributed by atoms with Crippen LogP contribution in [0.4, 0.5) is 8.78 Å². The van der Waals surface area contributed by atoms with E-state index in [1.165, 1.54) is 4.40 Å². The van der Waals surface area contributed by atoms with Crippen molar-refractivity contribution in [3.63, 3.8) is 0 Å². The zero-order valence-corrected chi connectivity index (χ0v) is 11.8. The molecule has 1 saturated heterocycles. The summed E-state index contributed by atoms with van der Waals surface area (Å²) in [6, 6.07) is 3.42. The Bertz CT molecular complexity index is 686. The van der Waals surface area contributed by atoms with Gasteiger partial charge in [-0.15, -0.1) is 0 Å². The molecule has 3 heterocycles. The summed E-state index contributed by atoms with van der Waals surface area (Å²) in [4.78, 5) is 4.10. The Morgan fingerprint density at radius 3 is 2.76 bits per heavy atom. The lowest BCUT2D eigenvalue weighted by Crippen LogP contribution is -2.62. The minimum atomic E-state index is -2.59. The first kappa shape index (κ1) is 13.0. The van der Waals surface area contributed by atoms with Crippen LogP contribution < -0.4 is 10.1 Å². The number of alkyl halides is 2. The van der Waals surface area contributed by atoms with E-state index in [0.29, 0.717) is 16.8 Å². The minimum absolute atomic E-state index is 0.0471. The van der Waals surface area contributed by atoms with Gasteiger partial charge in [0.15, 0.2) is 0 Å². The molecule has 2 aromatic heterocycles. The van der Waals surface area contributed by atoms with Crippen molar-refractivity contribution >= 4 is 5.52 Å². The number of aryl methyl sites for hydroxylation is 1. The lowest BCUT2D eigenvalue weighted by atomic mass is 9.63. The van der Waals surface area contributed by atoms with Gasteiger partial charge in [0.05, 0.1) is 11.7 Å². The Balaban J connectivity index is 1.65. The van der Waals surface area contributed by atoms with Crippen molar-refractivity contribution in [1.82, 2.24) is 14.7 Å². The van der Waals surface area contributed by atoms with Crippen LogP contribution in [0.25, 0.3) is 5.52 Å². The summed E-state index contributed by atoms with van der Waals surface area (Å²) < 4.78 is 34.3. The zero-order chi connectivity index (χ0) is 14.6. The molecule has 0 radical (unpaired) electrons. The van der Waals surface area contributed by atoms with E-state index >= 15 is 0 Å². The van der Waals surface area contributed by atoms with Gasteiger partial charge in [-0.3, -0.25) is 4.40 Å². The fourth-order valence-electron chi connectivity index (χ4n) is 3.49. The summed E-state index contributed by atoms with van der Waals surface area (Å²) in [6.45, 7) is 3.77. The summed E-state index contributed by atoms with van der Waals surface area (Å²) in [7, 11) is 0. The van der Waals surface area contributed by atoms with Gasteiger partial charge in [-0.05, 0) is 31.9 Å². The average molecular weight is 293 g/mol. The van der Waals surface area contributed by atoms with E-state index < -0.39 is 6.43 Å². The molecule has 2 aromatic rings. The normalized spacial score (nSPS) is 20.8. The predicted octanol–water partition coefficient (Wildman–Crippen LogP) is 2.71. The van der Waals surface area contributed by atoms with Gasteiger partial charge in [-0.25, -0.2) is 13.8 Å². The van der Waals surface area contributed by atoms with Gasteiger partial charge in [-0.2, -0.15) is 0 Å². The maximum absolute atomic E-state index is 13.5. The summed E-state index contributed by atoms with van der Waals surface area (Å²) in [6.07, 6.45) is 0.957. The van der Waals surface area contributed by atoms with Gasteiger partial charge in [0.1, 0.15) is 23.4 Å². The third-order valence-corrected chi connectivity index (χ3v) is 4.69. The molecule has 1 saturated carbocycles. The number of nitrogens with one attached hydrogen (secondary N) is 1. The highest BCUT2D eigenvalue weighted by atomic mass is 19.3. The quantitative estimate of drug-likeness (QED) is 0.945. The molecule has 1 N–H and O–H groups in total. The Kier molecular flexibility index (Phi) is 2.73. The van der Waals surface area contributed by atoms with Crippen LogP contribution in [0.15, 0.2) is 18.3 Å². The van der Waals surface area contributed by atoms with E-state index in [4.69, 9.17) is 4.74 Å². The fraction of sp³-hybridized carbons (Fsp3) is 0.533. The first-order valence-electron chi connectivity index (χ1n) is 7.20. The van der Waals surface area contributed by atoms with Crippen LogP contribution in [0.5, 0.6) is 5.75 Å². The highest BCUT2D eigenvalue weighted by Gasteiger charge is 2.49. The number of fused-ring (bicyclic) bond motifs is 1. The largest absolute Gasteiger partial charge is 0.488 e. The molecule has 0 amide bonds. The van der Waals surface area contributed by atoms with E-state index in [1.54, 1.807) is 25.3 Å². The van der Waals surface area contributed by atoms with E-state index in [1.807, 2.05) is 0 Å². The van der Waals surface area contributed by atoms with Gasteiger partial charge in [0, 0.05) is 18.5 Å². The van der Waals surface area contributed by atoms with Crippen LogP contribution in [0.3, 0.4) is 0 Å². The molecule has 4 nitrogen and oxygen atoms in total. The van der Waals surface area contributed by atoms with Gasteiger partial charge >= 0.3 is 0 Å². The smallest absolute Gasteiger partial charge is 0.282 e. The topological polar surface area (TPSA) is 38.6 Å². The molecule has 0 bridgehead atoms. The molecule has 0 unspecified atom stereocenters. The maximum Gasteiger partial charge on any atom is 0.282 e. The Morgan fingerprint density at radius 1 is 1.38 bits per heavy atom. The number of halogens is 2. The van der Waals surface area contributed by atoms with Gasteiger partial charge < -0.3 is 10.1 Å². The number of hydrogen-bond acceptors (Lipinski definition) is 3. The molecule has 0 aromatic carbocycles. The summed E-state index contributed by atoms with van der Waals surface area (Å²) in [5, 5.41) is 3.26. The van der Waals surface area contributed by atoms with Crippen LogP contribution in [-0.4, -0.2) is 28.6 Å². The molecule has 6 heteroatoms. The highest BCUT2D eigenvalue weighted by Crippen LogP contribution is 2.46. The molecule has 2 fully saturated rings. The van der Waals surface area contributed by atoms with E-state index in [0.717, 1.165) is 25.9 Å². The standard InChI is InChI=1S/C15H17F2N3O/c1-9-19-6-10-2-3-12(13(14(16)17)20(9)10)21-11-4-15(5-11)7-18-8-15/h2-3,6,11,14,18H,4-5,7-8H2,1H3. The second-order valence-electron chi connectivity index (χ2n) is 6.20. The fourth-order valence-corrected chi connectivity index (χ4v) is 3.49. The van der Waals surface area contributed by atoms with Gasteiger partial charge in [-0.1, -0.05) is 0 Å². The number of imidazole rings is 1. The third kappa shape index (κ3) is 1.92. The molecule has 1 aliphatic heterocycles. The summed E-state index contributed by atoms with van der Waals surface area (Å²) in [5.74, 6) is 0.838. The number of rotatable bonds is 3. The van der Waals surface area contributed by atoms with Crippen molar-refractivity contribution in [2.75, 3.05) is 13.1 Å². The summed E-state index contributed by atoms with van der Waals surface area (Å²) in [5.41, 5.74) is 0.948. The summed E-state index contributed by atoms with van der Waals surface area (Å²) >= 11 is 0. The van der Waals surface area contributed by atoms with Crippen molar-refractivity contribution in [1.29, 1.82) is 0 Å². The average Bonchev–Trinajstić information content (AvgIpc) is 2.72. The molecule has 1 spiro atoms. The molecular formula is C15H17F2N3O. The van der Waals surface area contributed by atoms with Crippen LogP contribution in [-0.2, 0) is 0 Å². The monoisotopic (exact) mass is 293 g/mol. The molecule has 21 heavy (non-hydrogen) atoms. The second-order valence-corrected chi connectivity index (χ2v) is 6.20. The Morgan fingerprint density at radius 2 is 2.14 bits per heavy atom. The van der Waals surface area contributed by atoms with Gasteiger partial charge in [0.25, 0.3) is 6.43 Å². The molecule has 1 aliphatic carbocycles. The van der Waals surface area contributed by atoms with E-state index in [9.17, 15) is 8.78 Å². The van der Waals surface area contributed by atoms with Crippen LogP contribution >= 0.6 is 0 Å². The molecule has 4 rings (SSSR count). The first-order valence-corrected chi connectivity index (χ1v) is 7.20. The van der Waals surface area contributed by atoms with Crippen molar-refractivity contribution in [3.05, 3.63) is 29.8 Å². The van der Waals surface area contributed by atoms with Crippen molar-refractivity contribution in [3.8, 4) is 5.75 Å². The maximum atomic E-state index is 13.5. The van der Waals surface area contributed by atoms with Gasteiger partial charge in [0.2, 0.25) is 0 Å². The first-order chi connectivity index (χ1) is 10.1. The van der Waals surface area contributed by atoms with Crippen molar-refractivity contribution in [2.24, 2.45) is 5.41 Å². The number of nitrogens with zero attached hydrogens (tertiary/aromatic N) is 2. The predicted molar refractivity (Wildman–Crippen MR) is 73.8 cm³/mol. The van der Waals surface area contributed by atoms with Crippen molar-refractivity contribution < 1.29 is 13.5 Å². The number of hydrogen-bond donors (Lipinski definition) is 1. The van der Waals surface area contributed by atoms with Crippen LogP contribution in [0.1, 0.15) is 30.8 Å². The molecule has 2 aliphatic rings. The molecule has 112 valence electrons. The minimum Gasteiger partial charge on any atom is -0.488 e. The van der Waals surface area contributed by atoms with Crippen LogP contribution in [0.2, 0.25) is 0 Å².